The number of nitrogens with zero attached hydrogens (tertiary/aromatic N) is 1. The van der Waals surface area contributed by atoms with Crippen LogP contribution in [-0.2, 0) is 0 Å². The first kappa shape index (κ1) is 13.0. The predicted octanol–water partition coefficient (Wildman–Crippen LogP) is 3.50. The third kappa shape index (κ3) is 2.25. The van der Waals surface area contributed by atoms with E-state index in [-0.39, 0.29) is 18.0 Å². The molecule has 3 rings (SSSR count). The van der Waals surface area contributed by atoms with Gasteiger partial charge in [-0.1, -0.05) is 12.1 Å². The van der Waals surface area contributed by atoms with Crippen LogP contribution in [0.2, 0.25) is 0 Å². The van der Waals surface area contributed by atoms with Crippen LogP contribution in [0.25, 0.3) is 0 Å². The fraction of sp³-hybridized carbons (Fsp3) is 0.400. The van der Waals surface area contributed by atoms with Crippen molar-refractivity contribution >= 4 is 5.71 Å². The number of hydrogen-bond donors (Lipinski definition) is 2. The molecule has 0 aliphatic carbocycles. The largest absolute Gasteiger partial charge is 0.468 e. The van der Waals surface area contributed by atoms with E-state index in [9.17, 15) is 5.21 Å². The average molecular weight is 274 g/mol. The maximum Gasteiger partial charge on any atom is 0.121 e. The molecule has 3 heterocycles. The maximum absolute atomic E-state index is 9.32. The molecule has 1 aliphatic heterocycles. The van der Waals surface area contributed by atoms with Crippen LogP contribution in [0.15, 0.2) is 50.8 Å². The first-order valence-electron chi connectivity index (χ1n) is 6.87. The second-order valence-corrected chi connectivity index (χ2v) is 5.04. The Kier molecular flexibility index (Phi) is 3.60. The van der Waals surface area contributed by atoms with Crippen molar-refractivity contribution in [1.29, 1.82) is 0 Å². The Balaban J connectivity index is 1.93. The highest BCUT2D eigenvalue weighted by molar-refractivity contribution is 5.88. The number of rotatable bonds is 3. The van der Waals surface area contributed by atoms with Gasteiger partial charge in [-0.3, -0.25) is 5.32 Å². The van der Waals surface area contributed by atoms with Gasteiger partial charge in [-0.05, 0) is 30.7 Å². The summed E-state index contributed by atoms with van der Waals surface area (Å²) in [6, 6.07) is 7.59. The van der Waals surface area contributed by atoms with E-state index in [1.165, 1.54) is 0 Å². The molecular formula is C15H18N2O3. The Morgan fingerprint density at radius 3 is 2.50 bits per heavy atom. The summed E-state index contributed by atoms with van der Waals surface area (Å²) in [6.45, 7) is 2.08. The van der Waals surface area contributed by atoms with E-state index < -0.39 is 0 Å². The number of oxime groups is 1. The van der Waals surface area contributed by atoms with E-state index >= 15 is 0 Å². The van der Waals surface area contributed by atoms with Crippen LogP contribution in [0.4, 0.5) is 0 Å². The van der Waals surface area contributed by atoms with Crippen molar-refractivity contribution in [3.05, 3.63) is 48.3 Å². The number of nitrogens with one attached hydrogen (secondary N) is 1. The molecule has 0 radical (unpaired) electrons. The summed E-state index contributed by atoms with van der Waals surface area (Å²) in [5.74, 6) is 1.82. The standard InChI is InChI=1S/C15H18N2O3/c1-2-10-11(17-18)9-12(13-5-3-7-19-13)16-15(10)14-6-4-8-20-14/h3-8,10,12,15-16,18H,2,9H2,1H3/b17-11+/t10-,12-,15+/m1/s1. The topological polar surface area (TPSA) is 70.9 Å². The van der Waals surface area contributed by atoms with Gasteiger partial charge in [-0.15, -0.1) is 0 Å². The van der Waals surface area contributed by atoms with Gasteiger partial charge in [0.25, 0.3) is 0 Å². The Labute approximate surface area is 117 Å². The average Bonchev–Trinajstić information content (AvgIpc) is 3.18. The molecule has 0 bridgehead atoms. The van der Waals surface area contributed by atoms with Crippen LogP contribution >= 0.6 is 0 Å². The molecule has 106 valence electrons. The van der Waals surface area contributed by atoms with Gasteiger partial charge in [0.05, 0.1) is 30.3 Å². The van der Waals surface area contributed by atoms with Crippen molar-refractivity contribution in [2.75, 3.05) is 0 Å². The molecule has 2 aromatic heterocycles. The molecule has 20 heavy (non-hydrogen) atoms. The highest BCUT2D eigenvalue weighted by Crippen LogP contribution is 2.37. The van der Waals surface area contributed by atoms with Crippen molar-refractivity contribution in [2.45, 2.75) is 31.8 Å². The molecule has 0 spiro atoms. The zero-order valence-corrected chi connectivity index (χ0v) is 11.3. The molecule has 3 atom stereocenters. The first-order valence-corrected chi connectivity index (χ1v) is 6.87. The minimum absolute atomic E-state index is 0.00574. The Morgan fingerprint density at radius 1 is 1.25 bits per heavy atom. The SMILES string of the molecule is CC[C@@H]1/C(=N/O)C[C@H](c2ccco2)N[C@@H]1c1ccco1. The minimum atomic E-state index is -0.00949. The number of piperidine rings is 1. The highest BCUT2D eigenvalue weighted by Gasteiger charge is 2.37. The van der Waals surface area contributed by atoms with Crippen molar-refractivity contribution in [3.8, 4) is 0 Å². The summed E-state index contributed by atoms with van der Waals surface area (Å²) in [7, 11) is 0. The fourth-order valence-electron chi connectivity index (χ4n) is 2.95. The lowest BCUT2D eigenvalue weighted by Crippen LogP contribution is -2.42. The van der Waals surface area contributed by atoms with E-state index in [1.807, 2.05) is 24.3 Å². The summed E-state index contributed by atoms with van der Waals surface area (Å²) in [4.78, 5) is 0. The molecule has 1 aliphatic rings. The Bertz CT molecular complexity index is 560. The molecule has 0 unspecified atom stereocenters. The van der Waals surface area contributed by atoms with E-state index in [1.54, 1.807) is 12.5 Å². The first-order chi connectivity index (χ1) is 9.83. The Hall–Kier alpha value is -2.01. The van der Waals surface area contributed by atoms with Crippen LogP contribution in [0.5, 0.6) is 0 Å². The fourth-order valence-corrected chi connectivity index (χ4v) is 2.95. The van der Waals surface area contributed by atoms with Crippen LogP contribution in [0.1, 0.15) is 43.4 Å². The van der Waals surface area contributed by atoms with Crippen molar-refractivity contribution in [3.63, 3.8) is 0 Å². The van der Waals surface area contributed by atoms with Gasteiger partial charge >= 0.3 is 0 Å². The molecule has 0 aromatic carbocycles. The van der Waals surface area contributed by atoms with Crippen LogP contribution in [-0.4, -0.2) is 10.9 Å². The molecule has 5 heteroatoms. The van der Waals surface area contributed by atoms with Gasteiger partial charge in [0.15, 0.2) is 0 Å². The highest BCUT2D eigenvalue weighted by atomic mass is 16.4. The molecular weight excluding hydrogens is 256 g/mol. The second kappa shape index (κ2) is 5.54. The molecule has 1 saturated heterocycles. The Morgan fingerprint density at radius 2 is 1.95 bits per heavy atom. The van der Waals surface area contributed by atoms with E-state index in [2.05, 4.69) is 17.4 Å². The summed E-state index contributed by atoms with van der Waals surface area (Å²) in [5, 5.41) is 16.4. The lowest BCUT2D eigenvalue weighted by atomic mass is 9.82. The molecule has 5 nitrogen and oxygen atoms in total. The normalized spacial score (nSPS) is 28.9. The van der Waals surface area contributed by atoms with E-state index in [0.29, 0.717) is 6.42 Å². The second-order valence-electron chi connectivity index (χ2n) is 5.04. The monoisotopic (exact) mass is 274 g/mol. The molecule has 2 N–H and O–H groups in total. The summed E-state index contributed by atoms with van der Waals surface area (Å²) in [6.07, 6.45) is 4.83. The molecule has 2 aromatic rings. The van der Waals surface area contributed by atoms with Crippen LogP contribution < -0.4 is 5.32 Å². The summed E-state index contributed by atoms with van der Waals surface area (Å²) >= 11 is 0. The van der Waals surface area contributed by atoms with Gasteiger partial charge in [0.2, 0.25) is 0 Å². The number of furan rings is 2. The summed E-state index contributed by atoms with van der Waals surface area (Å²) < 4.78 is 11.0. The lowest BCUT2D eigenvalue weighted by Gasteiger charge is -2.35. The van der Waals surface area contributed by atoms with Gasteiger partial charge in [0, 0.05) is 12.3 Å². The van der Waals surface area contributed by atoms with Crippen molar-refractivity contribution in [2.24, 2.45) is 11.1 Å². The minimum Gasteiger partial charge on any atom is -0.468 e. The zero-order valence-electron chi connectivity index (χ0n) is 11.3. The van der Waals surface area contributed by atoms with Gasteiger partial charge in [-0.25, -0.2) is 0 Å². The van der Waals surface area contributed by atoms with Gasteiger partial charge in [-0.2, -0.15) is 0 Å². The van der Waals surface area contributed by atoms with Crippen molar-refractivity contribution < 1.29 is 14.0 Å². The van der Waals surface area contributed by atoms with Crippen LogP contribution in [0.3, 0.4) is 0 Å². The van der Waals surface area contributed by atoms with Gasteiger partial charge < -0.3 is 14.0 Å². The molecule has 0 saturated carbocycles. The maximum atomic E-state index is 9.32. The van der Waals surface area contributed by atoms with E-state index in [4.69, 9.17) is 8.83 Å². The third-order valence-electron chi connectivity index (χ3n) is 3.93. The number of hydrogen-bond acceptors (Lipinski definition) is 5. The quantitative estimate of drug-likeness (QED) is 0.663. The molecule has 0 amide bonds. The van der Waals surface area contributed by atoms with Gasteiger partial charge in [0.1, 0.15) is 11.5 Å². The molecule has 1 fully saturated rings. The smallest absolute Gasteiger partial charge is 0.121 e. The summed E-state index contributed by atoms with van der Waals surface area (Å²) in [5.41, 5.74) is 0.786. The van der Waals surface area contributed by atoms with Crippen LogP contribution in [0, 0.1) is 5.92 Å². The third-order valence-corrected chi connectivity index (χ3v) is 3.93. The van der Waals surface area contributed by atoms with E-state index in [0.717, 1.165) is 23.7 Å². The zero-order chi connectivity index (χ0) is 13.9. The predicted molar refractivity (Wildman–Crippen MR) is 73.7 cm³/mol. The lowest BCUT2D eigenvalue weighted by molar-refractivity contribution is 0.256. The van der Waals surface area contributed by atoms with Crippen molar-refractivity contribution in [1.82, 2.24) is 5.32 Å².